The average Bonchev–Trinajstić information content (AvgIpc) is 3.56. The number of methoxy groups -OCH3 is 2. The number of aromatic amines is 1. The number of nitrogens with zero attached hydrogens (tertiary/aromatic N) is 6. The molecule has 174 valence electrons. The quantitative estimate of drug-likeness (QED) is 0.287. The van der Waals surface area contributed by atoms with Gasteiger partial charge in [-0.2, -0.15) is 5.10 Å². The molecule has 0 radical (unpaired) electrons. The number of terminal acetylenes is 1. The Balaban J connectivity index is 1.63. The third kappa shape index (κ3) is 4.59. The third-order valence-electron chi connectivity index (χ3n) is 5.84. The van der Waals surface area contributed by atoms with Gasteiger partial charge >= 0.3 is 0 Å². The second kappa shape index (κ2) is 10.4. The summed E-state index contributed by atoms with van der Waals surface area (Å²) in [7, 11) is 3.19. The SMILES string of the molecule is C#CCCn1nc(C(CC)(OC)OC)nc1Cc1ccc(-c2ccccc2-c2nnn[nH]2)cc1. The summed E-state index contributed by atoms with van der Waals surface area (Å²) in [5, 5.41) is 19.0. The highest BCUT2D eigenvalue weighted by molar-refractivity contribution is 5.80. The van der Waals surface area contributed by atoms with Crippen LogP contribution < -0.4 is 0 Å². The van der Waals surface area contributed by atoms with Crippen LogP contribution in [0.5, 0.6) is 0 Å². The van der Waals surface area contributed by atoms with Crippen molar-refractivity contribution in [1.82, 2.24) is 35.4 Å². The van der Waals surface area contributed by atoms with Crippen LogP contribution in [0.2, 0.25) is 0 Å². The van der Waals surface area contributed by atoms with E-state index in [1.54, 1.807) is 14.2 Å². The molecule has 34 heavy (non-hydrogen) atoms. The van der Waals surface area contributed by atoms with Gasteiger partial charge in [-0.05, 0) is 27.1 Å². The third-order valence-corrected chi connectivity index (χ3v) is 5.84. The number of aromatic nitrogens is 7. The molecule has 4 aromatic rings. The van der Waals surface area contributed by atoms with Crippen molar-refractivity contribution < 1.29 is 9.47 Å². The number of hydrogen-bond donors (Lipinski definition) is 1. The molecule has 0 aliphatic heterocycles. The van der Waals surface area contributed by atoms with Gasteiger partial charge in [-0.1, -0.05) is 55.5 Å². The Labute approximate surface area is 198 Å². The van der Waals surface area contributed by atoms with Crippen LogP contribution in [0.15, 0.2) is 48.5 Å². The molecule has 2 aromatic heterocycles. The molecular weight excluding hydrogens is 430 g/mol. The van der Waals surface area contributed by atoms with Crippen LogP contribution in [0.1, 0.15) is 37.0 Å². The van der Waals surface area contributed by atoms with Crippen LogP contribution in [0.25, 0.3) is 22.5 Å². The molecule has 9 nitrogen and oxygen atoms in total. The van der Waals surface area contributed by atoms with Crippen molar-refractivity contribution in [3.63, 3.8) is 0 Å². The smallest absolute Gasteiger partial charge is 0.231 e. The molecule has 0 saturated carbocycles. The first-order valence-corrected chi connectivity index (χ1v) is 11.0. The number of benzene rings is 2. The monoisotopic (exact) mass is 457 g/mol. The fraction of sp³-hybridized carbons (Fsp3) is 0.320. The lowest BCUT2D eigenvalue weighted by molar-refractivity contribution is -0.222. The van der Waals surface area contributed by atoms with Crippen LogP contribution in [-0.2, 0) is 28.2 Å². The molecule has 0 unspecified atom stereocenters. The zero-order valence-corrected chi connectivity index (χ0v) is 19.5. The summed E-state index contributed by atoms with van der Waals surface area (Å²) < 4.78 is 13.1. The normalized spacial score (nSPS) is 11.5. The number of hydrogen-bond acceptors (Lipinski definition) is 7. The fourth-order valence-corrected chi connectivity index (χ4v) is 3.93. The summed E-state index contributed by atoms with van der Waals surface area (Å²) in [6.45, 7) is 2.54. The van der Waals surface area contributed by atoms with E-state index in [2.05, 4.69) is 62.0 Å². The molecule has 0 atom stereocenters. The Morgan fingerprint density at radius 3 is 2.41 bits per heavy atom. The predicted molar refractivity (Wildman–Crippen MR) is 127 cm³/mol. The van der Waals surface area contributed by atoms with E-state index in [9.17, 15) is 0 Å². The maximum Gasteiger partial charge on any atom is 0.231 e. The van der Waals surface area contributed by atoms with Crippen molar-refractivity contribution in [2.75, 3.05) is 14.2 Å². The minimum absolute atomic E-state index is 0.498. The first-order chi connectivity index (χ1) is 16.6. The molecule has 0 amide bonds. The van der Waals surface area contributed by atoms with Crippen molar-refractivity contribution in [1.29, 1.82) is 0 Å². The van der Waals surface area contributed by atoms with Crippen LogP contribution in [0, 0.1) is 12.3 Å². The molecular formula is C25H27N7O2. The Hall–Kier alpha value is -3.87. The lowest BCUT2D eigenvalue weighted by atomic mass is 9.98. The van der Waals surface area contributed by atoms with Crippen molar-refractivity contribution in [3.05, 3.63) is 65.7 Å². The zero-order chi connectivity index (χ0) is 24.0. The number of ether oxygens (including phenoxy) is 2. The van der Waals surface area contributed by atoms with Gasteiger partial charge in [0.15, 0.2) is 5.82 Å². The topological polar surface area (TPSA) is 104 Å². The summed E-state index contributed by atoms with van der Waals surface area (Å²) in [5.74, 6) is 3.62. The van der Waals surface area contributed by atoms with Crippen LogP contribution in [-0.4, -0.2) is 49.6 Å². The van der Waals surface area contributed by atoms with Crippen LogP contribution in [0.4, 0.5) is 0 Å². The van der Waals surface area contributed by atoms with E-state index < -0.39 is 5.79 Å². The van der Waals surface area contributed by atoms with Gasteiger partial charge in [-0.25, -0.2) is 14.8 Å². The fourth-order valence-electron chi connectivity index (χ4n) is 3.93. The second-order valence-electron chi connectivity index (χ2n) is 7.71. The van der Waals surface area contributed by atoms with Crippen LogP contribution in [0.3, 0.4) is 0 Å². The van der Waals surface area contributed by atoms with E-state index in [0.29, 0.717) is 37.5 Å². The predicted octanol–water partition coefficient (Wildman–Crippen LogP) is 3.59. The number of tetrazole rings is 1. The van der Waals surface area contributed by atoms with Gasteiger partial charge in [0.05, 0.1) is 6.54 Å². The molecule has 0 aliphatic carbocycles. The number of aryl methyl sites for hydroxylation is 1. The number of rotatable bonds is 10. The molecule has 9 heteroatoms. The molecule has 2 aromatic carbocycles. The van der Waals surface area contributed by atoms with Gasteiger partial charge in [0.1, 0.15) is 5.82 Å². The molecule has 0 fully saturated rings. The van der Waals surface area contributed by atoms with Gasteiger partial charge in [0.2, 0.25) is 11.6 Å². The molecule has 2 heterocycles. The molecule has 1 N–H and O–H groups in total. The maximum atomic E-state index is 5.63. The van der Waals surface area contributed by atoms with Gasteiger partial charge in [-0.15, -0.1) is 17.4 Å². The first kappa shape index (κ1) is 23.3. The molecule has 0 aliphatic rings. The minimum Gasteiger partial charge on any atom is -0.347 e. The van der Waals surface area contributed by atoms with Crippen molar-refractivity contribution in [3.8, 4) is 34.9 Å². The number of nitrogens with one attached hydrogen (secondary N) is 1. The van der Waals surface area contributed by atoms with Gasteiger partial charge < -0.3 is 9.47 Å². The summed E-state index contributed by atoms with van der Waals surface area (Å²) >= 11 is 0. The van der Waals surface area contributed by atoms with Gasteiger partial charge in [0.25, 0.3) is 0 Å². The lowest BCUT2D eigenvalue weighted by Crippen LogP contribution is -2.31. The largest absolute Gasteiger partial charge is 0.347 e. The molecule has 4 rings (SSSR count). The number of H-pyrrole nitrogens is 1. The summed E-state index contributed by atoms with van der Waals surface area (Å²) in [6, 6.07) is 16.4. The Morgan fingerprint density at radius 2 is 1.79 bits per heavy atom. The standard InChI is InChI=1S/C25H27N7O2/c1-5-7-16-32-22(26-24(29-32)25(6-2,33-3)34-4)17-18-12-14-19(15-13-18)20-10-8-9-11-21(20)23-27-30-31-28-23/h1,8-15H,6-7,16-17H2,2-4H3,(H,27,28,30,31). The summed E-state index contributed by atoms with van der Waals surface area (Å²) in [6.07, 6.45) is 7.22. The van der Waals surface area contributed by atoms with Crippen molar-refractivity contribution >= 4 is 0 Å². The Bertz CT molecular complexity index is 1250. The molecule has 0 saturated heterocycles. The van der Waals surface area contributed by atoms with Gasteiger partial charge in [0, 0.05) is 39.0 Å². The van der Waals surface area contributed by atoms with E-state index in [-0.39, 0.29) is 0 Å². The van der Waals surface area contributed by atoms with E-state index in [4.69, 9.17) is 20.9 Å². The average molecular weight is 458 g/mol. The second-order valence-corrected chi connectivity index (χ2v) is 7.71. The maximum absolute atomic E-state index is 5.63. The Kier molecular flexibility index (Phi) is 7.11. The minimum atomic E-state index is -0.987. The Morgan fingerprint density at radius 1 is 1.06 bits per heavy atom. The van der Waals surface area contributed by atoms with E-state index in [1.807, 2.05) is 29.8 Å². The highest BCUT2D eigenvalue weighted by Crippen LogP contribution is 2.31. The van der Waals surface area contributed by atoms with Crippen LogP contribution >= 0.6 is 0 Å². The van der Waals surface area contributed by atoms with E-state index >= 15 is 0 Å². The zero-order valence-electron chi connectivity index (χ0n) is 19.5. The van der Waals surface area contributed by atoms with Crippen molar-refractivity contribution in [2.45, 2.75) is 38.5 Å². The highest BCUT2D eigenvalue weighted by atomic mass is 16.7. The molecule has 0 spiro atoms. The van der Waals surface area contributed by atoms with E-state index in [0.717, 1.165) is 28.1 Å². The van der Waals surface area contributed by atoms with E-state index in [1.165, 1.54) is 0 Å². The van der Waals surface area contributed by atoms with Crippen molar-refractivity contribution in [2.24, 2.45) is 0 Å². The first-order valence-electron chi connectivity index (χ1n) is 11.0. The summed E-state index contributed by atoms with van der Waals surface area (Å²) in [4.78, 5) is 4.78. The summed E-state index contributed by atoms with van der Waals surface area (Å²) in [5.41, 5.74) is 4.14. The highest BCUT2D eigenvalue weighted by Gasteiger charge is 2.35. The van der Waals surface area contributed by atoms with Gasteiger partial charge in [-0.3, -0.25) is 0 Å². The lowest BCUT2D eigenvalue weighted by Gasteiger charge is -2.26. The molecule has 0 bridgehead atoms.